The Labute approximate surface area is 145 Å². The minimum atomic E-state index is -0.965. The maximum absolute atomic E-state index is 12.2. The molecule has 1 aromatic carbocycles. The number of aromatic nitrogens is 3. The monoisotopic (exact) mass is 340 g/mol. The summed E-state index contributed by atoms with van der Waals surface area (Å²) in [5, 5.41) is 25.1. The van der Waals surface area contributed by atoms with Gasteiger partial charge in [-0.3, -0.25) is 4.79 Å². The molecule has 0 radical (unpaired) electrons. The van der Waals surface area contributed by atoms with Crippen molar-refractivity contribution in [3.8, 4) is 11.1 Å². The molecule has 2 aromatic heterocycles. The van der Waals surface area contributed by atoms with Crippen molar-refractivity contribution in [2.45, 2.75) is 20.0 Å². The van der Waals surface area contributed by atoms with E-state index >= 15 is 0 Å². The Morgan fingerprint density at radius 3 is 2.84 bits per heavy atom. The van der Waals surface area contributed by atoms with E-state index in [1.165, 1.54) is 0 Å². The molecule has 130 valence electrons. The molecular formula is C18H20N4O3. The van der Waals surface area contributed by atoms with Gasteiger partial charge < -0.3 is 15.5 Å². The summed E-state index contributed by atoms with van der Waals surface area (Å²) in [4.78, 5) is 16.6. The number of fused-ring (bicyclic) bond motifs is 1. The molecule has 0 saturated heterocycles. The Hall–Kier alpha value is -2.77. The summed E-state index contributed by atoms with van der Waals surface area (Å²) in [6.07, 6.45) is 0.919. The second-order valence-electron chi connectivity index (χ2n) is 5.97. The highest BCUT2D eigenvalue weighted by Crippen LogP contribution is 2.23. The molecule has 0 aliphatic rings. The quantitative estimate of drug-likeness (QED) is 0.646. The SMILES string of the molecule is Cc1nc2c(C)cc(-c3cccc(C(=O)NCC(O)CO)c3)cn2n1. The van der Waals surface area contributed by atoms with Crippen molar-refractivity contribution in [1.29, 1.82) is 0 Å². The van der Waals surface area contributed by atoms with Crippen LogP contribution in [0.5, 0.6) is 0 Å². The third-order valence-electron chi connectivity index (χ3n) is 3.89. The van der Waals surface area contributed by atoms with Crippen molar-refractivity contribution in [2.24, 2.45) is 0 Å². The number of nitrogens with zero attached hydrogens (tertiary/aromatic N) is 3. The number of carbonyl (C=O) groups excluding carboxylic acids is 1. The van der Waals surface area contributed by atoms with Crippen molar-refractivity contribution in [3.63, 3.8) is 0 Å². The van der Waals surface area contributed by atoms with E-state index in [4.69, 9.17) is 5.11 Å². The summed E-state index contributed by atoms with van der Waals surface area (Å²) in [6.45, 7) is 3.43. The first-order valence-corrected chi connectivity index (χ1v) is 7.99. The maximum atomic E-state index is 12.2. The molecule has 3 N–H and O–H groups in total. The lowest BCUT2D eigenvalue weighted by atomic mass is 10.0. The zero-order chi connectivity index (χ0) is 18.0. The van der Waals surface area contributed by atoms with E-state index in [2.05, 4.69) is 15.4 Å². The molecule has 0 aliphatic carbocycles. The normalized spacial score (nSPS) is 12.3. The zero-order valence-electron chi connectivity index (χ0n) is 14.1. The van der Waals surface area contributed by atoms with Gasteiger partial charge in [0.2, 0.25) is 0 Å². The average molecular weight is 340 g/mol. The van der Waals surface area contributed by atoms with E-state index in [9.17, 15) is 9.90 Å². The predicted molar refractivity (Wildman–Crippen MR) is 93.3 cm³/mol. The lowest BCUT2D eigenvalue weighted by Crippen LogP contribution is -2.33. The van der Waals surface area contributed by atoms with Gasteiger partial charge in [-0.1, -0.05) is 12.1 Å². The summed E-state index contributed by atoms with van der Waals surface area (Å²) < 4.78 is 1.74. The molecule has 3 rings (SSSR count). The zero-order valence-corrected chi connectivity index (χ0v) is 14.1. The number of rotatable bonds is 5. The standard InChI is InChI=1S/C18H20N4O3/c1-11-6-15(9-22-17(11)20-12(2)21-22)13-4-3-5-14(7-13)18(25)19-8-16(24)10-23/h3-7,9,16,23-24H,8,10H2,1-2H3,(H,19,25). The molecule has 3 aromatic rings. The maximum Gasteiger partial charge on any atom is 0.251 e. The molecule has 0 saturated carbocycles. The van der Waals surface area contributed by atoms with Gasteiger partial charge in [-0.15, -0.1) is 0 Å². The van der Waals surface area contributed by atoms with E-state index < -0.39 is 12.7 Å². The van der Waals surface area contributed by atoms with Crippen LogP contribution in [0.3, 0.4) is 0 Å². The molecule has 7 nitrogen and oxygen atoms in total. The number of amides is 1. The molecule has 0 aliphatic heterocycles. The van der Waals surface area contributed by atoms with Crippen LogP contribution in [0.25, 0.3) is 16.8 Å². The Balaban J connectivity index is 1.90. The van der Waals surface area contributed by atoms with Crippen LogP contribution in [0.1, 0.15) is 21.7 Å². The summed E-state index contributed by atoms with van der Waals surface area (Å²) in [6, 6.07) is 9.22. The van der Waals surface area contributed by atoms with Gasteiger partial charge >= 0.3 is 0 Å². The molecule has 1 atom stereocenters. The molecule has 0 bridgehead atoms. The average Bonchev–Trinajstić information content (AvgIpc) is 3.00. The minimum Gasteiger partial charge on any atom is -0.394 e. The van der Waals surface area contributed by atoms with Crippen LogP contribution in [0.4, 0.5) is 0 Å². The fraction of sp³-hybridized carbons (Fsp3) is 0.278. The van der Waals surface area contributed by atoms with E-state index in [1.54, 1.807) is 22.7 Å². The lowest BCUT2D eigenvalue weighted by molar-refractivity contribution is 0.0802. The van der Waals surface area contributed by atoms with Gasteiger partial charge in [0.25, 0.3) is 5.91 Å². The van der Waals surface area contributed by atoms with Gasteiger partial charge in [0.05, 0.1) is 12.7 Å². The van der Waals surface area contributed by atoms with Crippen LogP contribution in [0.15, 0.2) is 36.5 Å². The van der Waals surface area contributed by atoms with E-state index in [-0.39, 0.29) is 12.5 Å². The highest BCUT2D eigenvalue weighted by Gasteiger charge is 2.11. The summed E-state index contributed by atoms with van der Waals surface area (Å²) in [7, 11) is 0. The van der Waals surface area contributed by atoms with Crippen LogP contribution in [0, 0.1) is 13.8 Å². The Bertz CT molecular complexity index is 920. The number of benzene rings is 1. The molecule has 0 spiro atoms. The topological polar surface area (TPSA) is 99.8 Å². The second kappa shape index (κ2) is 7.00. The molecule has 1 amide bonds. The van der Waals surface area contributed by atoms with Gasteiger partial charge in [0.15, 0.2) is 5.65 Å². The fourth-order valence-corrected chi connectivity index (χ4v) is 2.63. The minimum absolute atomic E-state index is 0.00284. The summed E-state index contributed by atoms with van der Waals surface area (Å²) >= 11 is 0. The number of aliphatic hydroxyl groups is 2. The number of aryl methyl sites for hydroxylation is 2. The van der Waals surface area contributed by atoms with Gasteiger partial charge in [-0.05, 0) is 43.2 Å². The molecular weight excluding hydrogens is 320 g/mol. The Morgan fingerprint density at radius 2 is 2.08 bits per heavy atom. The molecule has 0 fully saturated rings. The molecule has 7 heteroatoms. The van der Waals surface area contributed by atoms with Gasteiger partial charge in [-0.25, -0.2) is 9.50 Å². The van der Waals surface area contributed by atoms with Crippen molar-refractivity contribution in [3.05, 3.63) is 53.5 Å². The lowest BCUT2D eigenvalue weighted by Gasteiger charge is -2.10. The van der Waals surface area contributed by atoms with Crippen LogP contribution in [-0.4, -0.2) is 50.0 Å². The first-order chi connectivity index (χ1) is 12.0. The van der Waals surface area contributed by atoms with Crippen molar-refractivity contribution >= 4 is 11.6 Å². The number of aliphatic hydroxyl groups excluding tert-OH is 2. The van der Waals surface area contributed by atoms with Gasteiger partial charge in [-0.2, -0.15) is 5.10 Å². The summed E-state index contributed by atoms with van der Waals surface area (Å²) in [5.41, 5.74) is 4.11. The molecule has 1 unspecified atom stereocenters. The first kappa shape index (κ1) is 17.1. The fourth-order valence-electron chi connectivity index (χ4n) is 2.63. The van der Waals surface area contributed by atoms with Crippen molar-refractivity contribution < 1.29 is 15.0 Å². The van der Waals surface area contributed by atoms with Crippen LogP contribution in [0.2, 0.25) is 0 Å². The Kier molecular flexibility index (Phi) is 4.78. The largest absolute Gasteiger partial charge is 0.394 e. The van der Waals surface area contributed by atoms with E-state index in [0.717, 1.165) is 22.3 Å². The highest BCUT2D eigenvalue weighted by atomic mass is 16.3. The number of hydrogen-bond donors (Lipinski definition) is 3. The van der Waals surface area contributed by atoms with Crippen LogP contribution >= 0.6 is 0 Å². The van der Waals surface area contributed by atoms with E-state index in [1.807, 2.05) is 32.2 Å². The van der Waals surface area contributed by atoms with Gasteiger partial charge in [0, 0.05) is 23.9 Å². The molecule has 2 heterocycles. The molecule has 25 heavy (non-hydrogen) atoms. The van der Waals surface area contributed by atoms with Crippen molar-refractivity contribution in [1.82, 2.24) is 19.9 Å². The number of carbonyl (C=O) groups is 1. The third kappa shape index (κ3) is 3.67. The number of hydrogen-bond acceptors (Lipinski definition) is 5. The summed E-state index contributed by atoms with van der Waals surface area (Å²) in [5.74, 6) is 0.402. The second-order valence-corrected chi connectivity index (χ2v) is 5.97. The predicted octanol–water partition coefficient (Wildman–Crippen LogP) is 1.10. The number of pyridine rings is 1. The van der Waals surface area contributed by atoms with Crippen molar-refractivity contribution in [2.75, 3.05) is 13.2 Å². The number of nitrogens with one attached hydrogen (secondary N) is 1. The van der Waals surface area contributed by atoms with E-state index in [0.29, 0.717) is 11.4 Å². The Morgan fingerprint density at radius 1 is 1.28 bits per heavy atom. The highest BCUT2D eigenvalue weighted by molar-refractivity contribution is 5.95. The van der Waals surface area contributed by atoms with Crippen LogP contribution < -0.4 is 5.32 Å². The van der Waals surface area contributed by atoms with Crippen LogP contribution in [-0.2, 0) is 0 Å². The third-order valence-corrected chi connectivity index (χ3v) is 3.89. The first-order valence-electron chi connectivity index (χ1n) is 7.99. The van der Waals surface area contributed by atoms with Gasteiger partial charge in [0.1, 0.15) is 5.82 Å². The smallest absolute Gasteiger partial charge is 0.251 e.